The number of nitrogens with one attached hydrogen (secondary N) is 1. The van der Waals surface area contributed by atoms with Gasteiger partial charge in [0.15, 0.2) is 5.60 Å². The van der Waals surface area contributed by atoms with Crippen LogP contribution in [0.15, 0.2) is 54.6 Å². The normalized spacial score (nSPS) is 16.0. The minimum absolute atomic E-state index is 0.128. The Morgan fingerprint density at radius 1 is 1.00 bits per heavy atom. The van der Waals surface area contributed by atoms with Crippen molar-refractivity contribution in [3.05, 3.63) is 88.0 Å². The lowest BCUT2D eigenvalue weighted by Gasteiger charge is -2.39. The minimum Gasteiger partial charge on any atom is -0.476 e. The van der Waals surface area contributed by atoms with Crippen molar-refractivity contribution in [1.29, 1.82) is 0 Å². The SMILES string of the molecule is Cc1ccc(C)c(CN2C(=O)C(C)(C)Oc3ccc(C(=O)Nc4ccc5c(c4)CCC5)cc32)c1. The largest absolute Gasteiger partial charge is 0.476 e. The highest BCUT2D eigenvalue weighted by Crippen LogP contribution is 2.39. The Morgan fingerprint density at radius 2 is 1.79 bits per heavy atom. The molecule has 0 radical (unpaired) electrons. The molecule has 0 atom stereocenters. The monoisotopic (exact) mass is 454 g/mol. The molecule has 1 N–H and O–H groups in total. The number of hydrogen-bond donors (Lipinski definition) is 1. The summed E-state index contributed by atoms with van der Waals surface area (Å²) in [4.78, 5) is 28.3. The van der Waals surface area contributed by atoms with Crippen molar-refractivity contribution in [2.75, 3.05) is 10.2 Å². The fourth-order valence-corrected chi connectivity index (χ4v) is 4.86. The molecule has 0 fully saturated rings. The van der Waals surface area contributed by atoms with Crippen LogP contribution in [0.2, 0.25) is 0 Å². The summed E-state index contributed by atoms with van der Waals surface area (Å²) in [6.45, 7) is 8.07. The average molecular weight is 455 g/mol. The second-order valence-electron chi connectivity index (χ2n) is 9.91. The maximum absolute atomic E-state index is 13.4. The first kappa shape index (κ1) is 22.2. The minimum atomic E-state index is -0.987. The summed E-state index contributed by atoms with van der Waals surface area (Å²) >= 11 is 0. The Bertz CT molecular complexity index is 1310. The summed E-state index contributed by atoms with van der Waals surface area (Å²) in [6, 6.07) is 17.7. The molecule has 2 amide bonds. The Hall–Kier alpha value is -3.60. The number of benzene rings is 3. The first-order valence-electron chi connectivity index (χ1n) is 11.9. The lowest BCUT2D eigenvalue weighted by molar-refractivity contribution is -0.132. The summed E-state index contributed by atoms with van der Waals surface area (Å²) < 4.78 is 6.03. The molecule has 3 aromatic carbocycles. The van der Waals surface area contributed by atoms with Crippen molar-refractivity contribution in [2.45, 2.75) is 59.1 Å². The number of carbonyl (C=O) groups excluding carboxylic acids is 2. The molecular weight excluding hydrogens is 424 g/mol. The molecule has 174 valence electrons. The number of carbonyl (C=O) groups is 2. The van der Waals surface area contributed by atoms with E-state index in [9.17, 15) is 9.59 Å². The van der Waals surface area contributed by atoms with Gasteiger partial charge in [-0.3, -0.25) is 9.59 Å². The third-order valence-electron chi connectivity index (χ3n) is 6.83. The first-order chi connectivity index (χ1) is 16.2. The quantitative estimate of drug-likeness (QED) is 0.546. The van der Waals surface area contributed by atoms with Gasteiger partial charge in [-0.15, -0.1) is 0 Å². The van der Waals surface area contributed by atoms with Crippen LogP contribution in [0.5, 0.6) is 5.75 Å². The third kappa shape index (κ3) is 4.07. The van der Waals surface area contributed by atoms with Crippen molar-refractivity contribution in [3.63, 3.8) is 0 Å². The lowest BCUT2D eigenvalue weighted by Crippen LogP contribution is -2.52. The molecular formula is C29H30N2O3. The zero-order valence-corrected chi connectivity index (χ0v) is 20.2. The molecule has 0 saturated heterocycles. The van der Waals surface area contributed by atoms with Crippen LogP contribution < -0.4 is 15.0 Å². The molecule has 0 bridgehead atoms. The van der Waals surface area contributed by atoms with Crippen molar-refractivity contribution in [3.8, 4) is 5.75 Å². The van der Waals surface area contributed by atoms with Crippen molar-refractivity contribution in [2.24, 2.45) is 0 Å². The van der Waals surface area contributed by atoms with E-state index in [0.717, 1.165) is 41.6 Å². The molecule has 1 heterocycles. The van der Waals surface area contributed by atoms with E-state index < -0.39 is 5.60 Å². The molecule has 0 spiro atoms. The zero-order valence-electron chi connectivity index (χ0n) is 20.2. The Labute approximate surface area is 200 Å². The standard InChI is InChI=1S/C29H30N2O3/c1-18-8-9-19(2)23(14-18)17-31-25-16-22(11-13-26(25)34-29(3,4)28(31)33)27(32)30-24-12-10-20-6-5-7-21(20)15-24/h8-16H,5-7,17H2,1-4H3,(H,30,32). The van der Waals surface area contributed by atoms with Gasteiger partial charge in [0.1, 0.15) is 5.75 Å². The maximum atomic E-state index is 13.4. The molecule has 0 saturated carbocycles. The Kier molecular flexibility index (Phi) is 5.43. The van der Waals surface area contributed by atoms with Gasteiger partial charge in [0.05, 0.1) is 12.2 Å². The molecule has 1 aliphatic carbocycles. The van der Waals surface area contributed by atoms with Gasteiger partial charge in [0.25, 0.3) is 11.8 Å². The fraction of sp³-hybridized carbons (Fsp3) is 0.310. The Balaban J connectivity index is 1.47. The number of rotatable bonds is 4. The van der Waals surface area contributed by atoms with Crippen LogP contribution in [0.1, 0.15) is 58.4 Å². The highest BCUT2D eigenvalue weighted by atomic mass is 16.5. The van der Waals surface area contributed by atoms with Crippen molar-refractivity contribution >= 4 is 23.2 Å². The van der Waals surface area contributed by atoms with Crippen LogP contribution >= 0.6 is 0 Å². The molecule has 3 aromatic rings. The molecule has 0 aromatic heterocycles. The number of aryl methyl sites for hydroxylation is 4. The van der Waals surface area contributed by atoms with Gasteiger partial charge in [0, 0.05) is 11.3 Å². The van der Waals surface area contributed by atoms with E-state index in [2.05, 4.69) is 35.6 Å². The molecule has 5 heteroatoms. The van der Waals surface area contributed by atoms with Gasteiger partial charge in [-0.1, -0.05) is 29.8 Å². The molecule has 5 nitrogen and oxygen atoms in total. The summed E-state index contributed by atoms with van der Waals surface area (Å²) in [6.07, 6.45) is 3.33. The van der Waals surface area contributed by atoms with E-state index in [1.165, 1.54) is 11.1 Å². The number of nitrogens with zero attached hydrogens (tertiary/aromatic N) is 1. The van der Waals surface area contributed by atoms with Crippen LogP contribution in [0.3, 0.4) is 0 Å². The summed E-state index contributed by atoms with van der Waals surface area (Å²) in [5.41, 5.74) is 6.93. The van der Waals surface area contributed by atoms with Crippen LogP contribution in [-0.2, 0) is 24.2 Å². The van der Waals surface area contributed by atoms with Crippen LogP contribution in [0.4, 0.5) is 11.4 Å². The van der Waals surface area contributed by atoms with E-state index in [1.54, 1.807) is 36.9 Å². The number of anilines is 2. The summed E-state index contributed by atoms with van der Waals surface area (Å²) in [5, 5.41) is 3.02. The topological polar surface area (TPSA) is 58.6 Å². The van der Waals surface area contributed by atoms with Crippen molar-refractivity contribution < 1.29 is 14.3 Å². The molecule has 2 aliphatic rings. The van der Waals surface area contributed by atoms with E-state index in [-0.39, 0.29) is 11.8 Å². The predicted molar refractivity (Wildman–Crippen MR) is 135 cm³/mol. The van der Waals surface area contributed by atoms with Crippen LogP contribution in [-0.4, -0.2) is 17.4 Å². The first-order valence-corrected chi connectivity index (χ1v) is 11.9. The van der Waals surface area contributed by atoms with Gasteiger partial charge < -0.3 is 15.0 Å². The van der Waals surface area contributed by atoms with Crippen LogP contribution in [0.25, 0.3) is 0 Å². The summed E-state index contributed by atoms with van der Waals surface area (Å²) in [5.74, 6) is 0.269. The van der Waals surface area contributed by atoms with E-state index in [0.29, 0.717) is 23.5 Å². The van der Waals surface area contributed by atoms with Gasteiger partial charge >= 0.3 is 0 Å². The van der Waals surface area contributed by atoms with E-state index in [1.807, 2.05) is 19.9 Å². The highest BCUT2D eigenvalue weighted by molar-refractivity contribution is 6.07. The number of fused-ring (bicyclic) bond motifs is 2. The van der Waals surface area contributed by atoms with Gasteiger partial charge in [-0.05, 0) is 99.5 Å². The zero-order chi connectivity index (χ0) is 24.0. The smallest absolute Gasteiger partial charge is 0.271 e. The number of ether oxygens (including phenoxy) is 1. The van der Waals surface area contributed by atoms with E-state index >= 15 is 0 Å². The van der Waals surface area contributed by atoms with Gasteiger partial charge in [-0.2, -0.15) is 0 Å². The lowest BCUT2D eigenvalue weighted by atomic mass is 9.99. The highest BCUT2D eigenvalue weighted by Gasteiger charge is 2.41. The average Bonchev–Trinajstić information content (AvgIpc) is 3.26. The fourth-order valence-electron chi connectivity index (χ4n) is 4.86. The second-order valence-corrected chi connectivity index (χ2v) is 9.91. The predicted octanol–water partition coefficient (Wildman–Crippen LogP) is 5.75. The molecule has 34 heavy (non-hydrogen) atoms. The van der Waals surface area contributed by atoms with Crippen LogP contribution in [0, 0.1) is 13.8 Å². The van der Waals surface area contributed by atoms with Crippen molar-refractivity contribution in [1.82, 2.24) is 0 Å². The molecule has 1 aliphatic heterocycles. The second kappa shape index (κ2) is 8.32. The van der Waals surface area contributed by atoms with Gasteiger partial charge in [-0.25, -0.2) is 0 Å². The number of amides is 2. The van der Waals surface area contributed by atoms with Gasteiger partial charge in [0.2, 0.25) is 0 Å². The maximum Gasteiger partial charge on any atom is 0.271 e. The Morgan fingerprint density at radius 3 is 2.62 bits per heavy atom. The summed E-state index contributed by atoms with van der Waals surface area (Å²) in [7, 11) is 0. The molecule has 0 unspecified atom stereocenters. The third-order valence-corrected chi connectivity index (χ3v) is 6.83. The van der Waals surface area contributed by atoms with E-state index in [4.69, 9.17) is 4.74 Å². The molecule has 5 rings (SSSR count). The number of hydrogen-bond acceptors (Lipinski definition) is 3.